The highest BCUT2D eigenvalue weighted by atomic mass is 32.2. The summed E-state index contributed by atoms with van der Waals surface area (Å²) >= 11 is 1.33. The van der Waals surface area contributed by atoms with Crippen LogP contribution in [0, 0.1) is 6.92 Å². The van der Waals surface area contributed by atoms with Gasteiger partial charge < -0.3 is 5.32 Å². The van der Waals surface area contributed by atoms with Crippen molar-refractivity contribution in [3.8, 4) is 0 Å². The maximum atomic E-state index is 12.9. The molecule has 1 unspecified atom stereocenters. The van der Waals surface area contributed by atoms with Crippen LogP contribution < -0.4 is 5.32 Å². The third-order valence-corrected chi connectivity index (χ3v) is 6.00. The van der Waals surface area contributed by atoms with Gasteiger partial charge in [0.15, 0.2) is 5.17 Å². The summed E-state index contributed by atoms with van der Waals surface area (Å²) in [4.78, 5) is 31.6. The number of amidine groups is 1. The molecule has 0 radical (unpaired) electrons. The first kappa shape index (κ1) is 21.8. The monoisotopic (exact) mass is 421 g/mol. The van der Waals surface area contributed by atoms with Crippen LogP contribution in [0.25, 0.3) is 0 Å². The fourth-order valence-corrected chi connectivity index (χ4v) is 4.25. The van der Waals surface area contributed by atoms with Crippen molar-refractivity contribution in [1.82, 2.24) is 4.90 Å². The molecular formula is C24H27N3O2S. The van der Waals surface area contributed by atoms with E-state index in [4.69, 9.17) is 0 Å². The molecule has 6 heteroatoms. The molecule has 1 aliphatic rings. The first-order chi connectivity index (χ1) is 14.4. The molecule has 1 atom stereocenters. The van der Waals surface area contributed by atoms with Crippen LogP contribution in [0.4, 0.5) is 11.4 Å². The summed E-state index contributed by atoms with van der Waals surface area (Å²) in [6, 6.07) is 15.6. The Morgan fingerprint density at radius 3 is 2.47 bits per heavy atom. The Hall–Kier alpha value is -2.86. The lowest BCUT2D eigenvalue weighted by molar-refractivity contribution is -0.127. The maximum absolute atomic E-state index is 12.9. The average Bonchev–Trinajstić information content (AvgIpc) is 2.99. The van der Waals surface area contributed by atoms with E-state index >= 15 is 0 Å². The molecule has 0 aliphatic carbocycles. The molecule has 0 bridgehead atoms. The van der Waals surface area contributed by atoms with Gasteiger partial charge >= 0.3 is 0 Å². The van der Waals surface area contributed by atoms with Gasteiger partial charge in [-0.05, 0) is 42.7 Å². The fourth-order valence-electron chi connectivity index (χ4n) is 3.08. The summed E-state index contributed by atoms with van der Waals surface area (Å²) in [5.74, 6) is 0.133. The number of anilines is 1. The van der Waals surface area contributed by atoms with Crippen molar-refractivity contribution >= 4 is 40.1 Å². The second-order valence-electron chi connectivity index (χ2n) is 7.60. The smallest absolute Gasteiger partial charge is 0.242 e. The molecule has 1 aliphatic heterocycles. The summed E-state index contributed by atoms with van der Waals surface area (Å²) in [5.41, 5.74) is 3.87. The number of thioether (sulfide) groups is 1. The van der Waals surface area contributed by atoms with Crippen molar-refractivity contribution < 1.29 is 9.59 Å². The number of aryl methyl sites for hydroxylation is 1. The van der Waals surface area contributed by atoms with E-state index in [9.17, 15) is 9.59 Å². The van der Waals surface area contributed by atoms with Gasteiger partial charge in [0.25, 0.3) is 0 Å². The average molecular weight is 422 g/mol. The minimum Gasteiger partial charge on any atom is -0.326 e. The first-order valence-electron chi connectivity index (χ1n) is 10.0. The topological polar surface area (TPSA) is 61.8 Å². The molecule has 5 nitrogen and oxygen atoms in total. The van der Waals surface area contributed by atoms with Gasteiger partial charge in [0.05, 0.1) is 5.69 Å². The number of nitrogens with one attached hydrogen (secondary N) is 1. The van der Waals surface area contributed by atoms with E-state index in [1.165, 1.54) is 17.3 Å². The SMILES string of the molecule is C=CCN1C(=O)C(CC(=O)Nc2ccc(C(C)C)cc2)SC1=Nc1ccc(C)cc1. The molecule has 30 heavy (non-hydrogen) atoms. The van der Waals surface area contributed by atoms with Gasteiger partial charge in [-0.25, -0.2) is 4.99 Å². The number of benzene rings is 2. The van der Waals surface area contributed by atoms with Crippen LogP contribution in [0.15, 0.2) is 66.2 Å². The van der Waals surface area contributed by atoms with Crippen LogP contribution in [0.1, 0.15) is 37.3 Å². The molecule has 0 aromatic heterocycles. The lowest BCUT2D eigenvalue weighted by Crippen LogP contribution is -2.33. The van der Waals surface area contributed by atoms with Crippen LogP contribution in [-0.2, 0) is 9.59 Å². The molecule has 1 saturated heterocycles. The second kappa shape index (κ2) is 9.76. The Kier molecular flexibility index (Phi) is 7.11. The van der Waals surface area contributed by atoms with Crippen LogP contribution in [0.2, 0.25) is 0 Å². The molecule has 156 valence electrons. The molecule has 1 fully saturated rings. The zero-order valence-electron chi connectivity index (χ0n) is 17.6. The summed E-state index contributed by atoms with van der Waals surface area (Å²) in [7, 11) is 0. The number of carbonyl (C=O) groups excluding carboxylic acids is 2. The highest BCUT2D eigenvalue weighted by Gasteiger charge is 2.38. The predicted molar refractivity (Wildman–Crippen MR) is 125 cm³/mol. The molecule has 2 aromatic rings. The third kappa shape index (κ3) is 5.39. The largest absolute Gasteiger partial charge is 0.326 e. The third-order valence-electron chi connectivity index (χ3n) is 4.82. The van der Waals surface area contributed by atoms with E-state index in [1.54, 1.807) is 11.0 Å². The summed E-state index contributed by atoms with van der Waals surface area (Å²) < 4.78 is 0. The number of amides is 2. The van der Waals surface area contributed by atoms with Crippen LogP contribution in [0.5, 0.6) is 0 Å². The summed E-state index contributed by atoms with van der Waals surface area (Å²) in [6.07, 6.45) is 1.76. The minimum absolute atomic E-state index is 0.0932. The van der Waals surface area contributed by atoms with Gasteiger partial charge in [-0.3, -0.25) is 14.5 Å². The van der Waals surface area contributed by atoms with E-state index in [0.29, 0.717) is 17.6 Å². The van der Waals surface area contributed by atoms with E-state index in [0.717, 1.165) is 16.9 Å². The van der Waals surface area contributed by atoms with E-state index in [-0.39, 0.29) is 18.2 Å². The van der Waals surface area contributed by atoms with Gasteiger partial charge in [0, 0.05) is 18.7 Å². The van der Waals surface area contributed by atoms with Gasteiger partial charge in [0.2, 0.25) is 11.8 Å². The van der Waals surface area contributed by atoms with Gasteiger partial charge in [0.1, 0.15) is 5.25 Å². The first-order valence-corrected chi connectivity index (χ1v) is 10.9. The quantitative estimate of drug-likeness (QED) is 0.620. The summed E-state index contributed by atoms with van der Waals surface area (Å²) in [5, 5.41) is 2.99. The molecule has 2 amide bonds. The number of rotatable bonds is 7. The van der Waals surface area contributed by atoms with Crippen molar-refractivity contribution in [2.75, 3.05) is 11.9 Å². The molecule has 2 aromatic carbocycles. The Balaban J connectivity index is 1.69. The van der Waals surface area contributed by atoms with Crippen LogP contribution >= 0.6 is 11.8 Å². The van der Waals surface area contributed by atoms with Crippen LogP contribution in [-0.4, -0.2) is 33.7 Å². The molecule has 1 heterocycles. The Morgan fingerprint density at radius 1 is 1.20 bits per heavy atom. The lowest BCUT2D eigenvalue weighted by Gasteiger charge is -2.14. The standard InChI is InChI=1S/C24H27N3O2S/c1-5-14-27-23(29)21(30-24(27)26-20-10-6-17(4)7-11-20)15-22(28)25-19-12-8-18(9-13-19)16(2)3/h5-13,16,21H,1,14-15H2,2-4H3,(H,25,28). The number of hydrogen-bond donors (Lipinski definition) is 1. The normalized spacial score (nSPS) is 17.6. The minimum atomic E-state index is -0.496. The Labute approximate surface area is 182 Å². The molecule has 0 saturated carbocycles. The van der Waals surface area contributed by atoms with Crippen molar-refractivity contribution in [2.45, 2.75) is 38.4 Å². The summed E-state index contributed by atoms with van der Waals surface area (Å²) in [6.45, 7) is 10.4. The number of hydrogen-bond acceptors (Lipinski definition) is 4. The van der Waals surface area contributed by atoms with Gasteiger partial charge in [-0.1, -0.05) is 61.5 Å². The molecule has 1 N–H and O–H groups in total. The zero-order valence-corrected chi connectivity index (χ0v) is 18.4. The van der Waals surface area contributed by atoms with Crippen molar-refractivity contribution in [3.05, 3.63) is 72.3 Å². The van der Waals surface area contributed by atoms with Gasteiger partial charge in [-0.2, -0.15) is 0 Å². The Morgan fingerprint density at radius 2 is 1.87 bits per heavy atom. The number of carbonyl (C=O) groups is 2. The molecule has 3 rings (SSSR count). The van der Waals surface area contributed by atoms with E-state index in [1.807, 2.05) is 55.5 Å². The maximum Gasteiger partial charge on any atom is 0.242 e. The van der Waals surface area contributed by atoms with E-state index in [2.05, 4.69) is 30.7 Å². The molecule has 0 spiro atoms. The van der Waals surface area contributed by atoms with Crippen molar-refractivity contribution in [1.29, 1.82) is 0 Å². The lowest BCUT2D eigenvalue weighted by atomic mass is 10.0. The number of nitrogens with zero attached hydrogens (tertiary/aromatic N) is 2. The predicted octanol–water partition coefficient (Wildman–Crippen LogP) is 5.26. The Bertz CT molecular complexity index is 949. The highest BCUT2D eigenvalue weighted by molar-refractivity contribution is 8.15. The second-order valence-corrected chi connectivity index (χ2v) is 8.77. The number of aliphatic imine (C=N–C) groups is 1. The highest BCUT2D eigenvalue weighted by Crippen LogP contribution is 2.32. The molecular weight excluding hydrogens is 394 g/mol. The zero-order chi connectivity index (χ0) is 21.7. The fraction of sp³-hybridized carbons (Fsp3) is 0.292. The van der Waals surface area contributed by atoms with Crippen LogP contribution in [0.3, 0.4) is 0 Å². The van der Waals surface area contributed by atoms with Gasteiger partial charge in [-0.15, -0.1) is 6.58 Å². The van der Waals surface area contributed by atoms with E-state index < -0.39 is 5.25 Å². The van der Waals surface area contributed by atoms with Crippen molar-refractivity contribution in [3.63, 3.8) is 0 Å². The van der Waals surface area contributed by atoms with Crippen molar-refractivity contribution in [2.24, 2.45) is 4.99 Å².